The fourth-order valence-electron chi connectivity index (χ4n) is 3.41. The minimum Gasteiger partial charge on any atom is -0.491 e. The van der Waals surface area contributed by atoms with Gasteiger partial charge in [0, 0.05) is 16.2 Å². The Morgan fingerprint density at radius 2 is 2.21 bits per heavy atom. The molecular weight excluding hydrogens is 402 g/mol. The van der Waals surface area contributed by atoms with Crippen LogP contribution >= 0.6 is 23.5 Å². The topological polar surface area (TPSA) is 100 Å². The van der Waals surface area contributed by atoms with E-state index in [4.69, 9.17) is 10.5 Å². The number of nitrogens with zero attached hydrogens (tertiary/aromatic N) is 4. The third-order valence-corrected chi connectivity index (χ3v) is 7.04. The second kappa shape index (κ2) is 8.00. The summed E-state index contributed by atoms with van der Waals surface area (Å²) in [5, 5.41) is 19.1. The number of benzene rings is 1. The average molecular weight is 422 g/mol. The highest BCUT2D eigenvalue weighted by Gasteiger charge is 2.31. The van der Waals surface area contributed by atoms with Gasteiger partial charge in [-0.25, -0.2) is 4.98 Å². The van der Waals surface area contributed by atoms with Gasteiger partial charge in [0.1, 0.15) is 35.8 Å². The van der Waals surface area contributed by atoms with Crippen LogP contribution in [0.15, 0.2) is 41.4 Å². The largest absolute Gasteiger partial charge is 0.491 e. The molecule has 1 fully saturated rings. The number of pyridine rings is 1. The lowest BCUT2D eigenvalue weighted by atomic mass is 10.0. The molecule has 2 N–H and O–H groups in total. The zero-order valence-electron chi connectivity index (χ0n) is 15.9. The minimum absolute atomic E-state index is 0.371. The summed E-state index contributed by atoms with van der Waals surface area (Å²) in [6.07, 6.45) is 4.56. The van der Waals surface area contributed by atoms with E-state index in [1.165, 1.54) is 11.8 Å². The number of hydrogen-bond acceptors (Lipinski definition) is 7. The molecule has 1 atom stereocenters. The number of fused-ring (bicyclic) bond motifs is 1. The minimum atomic E-state index is -0.371. The predicted molar refractivity (Wildman–Crippen MR) is 116 cm³/mol. The molecule has 0 spiro atoms. The van der Waals surface area contributed by atoms with Gasteiger partial charge in [-0.3, -0.25) is 4.40 Å². The molecule has 0 saturated carbocycles. The molecule has 3 aromatic rings. The lowest BCUT2D eigenvalue weighted by molar-refractivity contribution is 0.235. The van der Waals surface area contributed by atoms with Crippen molar-refractivity contribution in [2.24, 2.45) is 5.73 Å². The normalized spacial score (nSPS) is 18.5. The molecule has 146 valence electrons. The summed E-state index contributed by atoms with van der Waals surface area (Å²) in [4.78, 5) is 5.30. The summed E-state index contributed by atoms with van der Waals surface area (Å²) < 4.78 is 8.00. The smallest absolute Gasteiger partial charge is 0.138 e. The van der Waals surface area contributed by atoms with Crippen molar-refractivity contribution in [2.75, 3.05) is 24.4 Å². The van der Waals surface area contributed by atoms with Crippen molar-refractivity contribution in [3.8, 4) is 29.1 Å². The molecular formula is C21H19N5OS2. The van der Waals surface area contributed by atoms with Crippen LogP contribution in [0, 0.1) is 22.7 Å². The van der Waals surface area contributed by atoms with Crippen LogP contribution < -0.4 is 10.5 Å². The summed E-state index contributed by atoms with van der Waals surface area (Å²) in [5.41, 5.74) is 9.35. The molecule has 1 aliphatic heterocycles. The number of thioether (sulfide) groups is 2. The molecule has 4 rings (SSSR count). The average Bonchev–Trinajstić information content (AvgIpc) is 3.38. The molecule has 1 unspecified atom stereocenters. The van der Waals surface area contributed by atoms with Crippen LogP contribution in [0.5, 0.6) is 5.75 Å². The number of nitriles is 2. The molecule has 1 saturated heterocycles. The number of imidazole rings is 1. The summed E-state index contributed by atoms with van der Waals surface area (Å²) in [5.74, 6) is 2.46. The summed E-state index contributed by atoms with van der Waals surface area (Å²) in [6.45, 7) is 0.373. The highest BCUT2D eigenvalue weighted by Crippen LogP contribution is 2.37. The van der Waals surface area contributed by atoms with Crippen molar-refractivity contribution in [3.05, 3.63) is 47.8 Å². The van der Waals surface area contributed by atoms with Gasteiger partial charge in [0.15, 0.2) is 0 Å². The van der Waals surface area contributed by atoms with Gasteiger partial charge in [-0.2, -0.15) is 22.3 Å². The van der Waals surface area contributed by atoms with Crippen LogP contribution in [-0.2, 0) is 0 Å². The van der Waals surface area contributed by atoms with E-state index in [2.05, 4.69) is 17.1 Å². The van der Waals surface area contributed by atoms with Crippen LogP contribution in [0.4, 0.5) is 0 Å². The Labute approximate surface area is 177 Å². The van der Waals surface area contributed by atoms with Gasteiger partial charge in [0.05, 0.1) is 23.0 Å². The first-order valence-corrected chi connectivity index (χ1v) is 11.4. The Morgan fingerprint density at radius 1 is 1.34 bits per heavy atom. The molecule has 3 heterocycles. The van der Waals surface area contributed by atoms with Gasteiger partial charge in [0.2, 0.25) is 0 Å². The molecule has 8 heteroatoms. The Morgan fingerprint density at radius 3 is 2.90 bits per heavy atom. The highest BCUT2D eigenvalue weighted by atomic mass is 32.2. The van der Waals surface area contributed by atoms with Crippen LogP contribution in [0.25, 0.3) is 16.9 Å². The van der Waals surface area contributed by atoms with Crippen LogP contribution in [0.1, 0.15) is 17.7 Å². The lowest BCUT2D eigenvalue weighted by Crippen LogP contribution is -2.45. The van der Waals surface area contributed by atoms with Crippen molar-refractivity contribution in [2.45, 2.75) is 16.9 Å². The first kappa shape index (κ1) is 19.7. The number of aromatic nitrogens is 2. The second-order valence-electron chi connectivity index (χ2n) is 6.97. The van der Waals surface area contributed by atoms with Crippen molar-refractivity contribution in [1.82, 2.24) is 9.38 Å². The molecule has 29 heavy (non-hydrogen) atoms. The maximum atomic E-state index is 9.57. The van der Waals surface area contributed by atoms with E-state index < -0.39 is 0 Å². The first-order chi connectivity index (χ1) is 14.1. The van der Waals surface area contributed by atoms with Crippen molar-refractivity contribution >= 4 is 29.2 Å². The quantitative estimate of drug-likeness (QED) is 0.627. The van der Waals surface area contributed by atoms with Crippen LogP contribution in [-0.4, -0.2) is 39.3 Å². The van der Waals surface area contributed by atoms with Gasteiger partial charge in [-0.1, -0.05) is 6.07 Å². The third kappa shape index (κ3) is 3.67. The Hall–Kier alpha value is -2.65. The van der Waals surface area contributed by atoms with E-state index in [1.807, 2.05) is 40.6 Å². The summed E-state index contributed by atoms with van der Waals surface area (Å²) in [6, 6.07) is 13.6. The highest BCUT2D eigenvalue weighted by molar-refractivity contribution is 7.99. The fourth-order valence-corrected chi connectivity index (χ4v) is 5.30. The molecule has 6 nitrogen and oxygen atoms in total. The molecule has 1 aliphatic rings. The summed E-state index contributed by atoms with van der Waals surface area (Å²) >= 11 is 3.33. The van der Waals surface area contributed by atoms with Gasteiger partial charge in [-0.15, -0.1) is 11.8 Å². The zero-order chi connectivity index (χ0) is 20.4. The number of hydrogen-bond donors (Lipinski definition) is 1. The Balaban J connectivity index is 1.86. The van der Waals surface area contributed by atoms with E-state index in [0.717, 1.165) is 34.1 Å². The van der Waals surface area contributed by atoms with Gasteiger partial charge >= 0.3 is 0 Å². The van der Waals surface area contributed by atoms with Crippen LogP contribution in [0.2, 0.25) is 0 Å². The van der Waals surface area contributed by atoms with Crippen molar-refractivity contribution in [1.29, 1.82) is 10.5 Å². The number of nitrogens with two attached hydrogens (primary N) is 1. The van der Waals surface area contributed by atoms with E-state index >= 15 is 0 Å². The van der Waals surface area contributed by atoms with Gasteiger partial charge in [0.25, 0.3) is 0 Å². The van der Waals surface area contributed by atoms with Crippen LogP contribution in [0.3, 0.4) is 0 Å². The Bertz CT molecular complexity index is 1150. The maximum Gasteiger partial charge on any atom is 0.138 e. The fraction of sp³-hybridized carbons (Fsp3) is 0.286. The lowest BCUT2D eigenvalue weighted by Gasteiger charge is -2.24. The van der Waals surface area contributed by atoms with E-state index in [0.29, 0.717) is 29.3 Å². The standard InChI is InChI=1S/C21H19N5OS2/c1-28-19-8-16(17-11-25-20-4-2-3-15(10-23)26(17)20)18(7-14(19)9-22)27-12-21(24)5-6-29-13-21/h2-4,7-8,11H,5-6,12-13,24H2,1H3. The zero-order valence-corrected chi connectivity index (χ0v) is 17.5. The predicted octanol–water partition coefficient (Wildman–Crippen LogP) is 3.68. The molecule has 1 aromatic carbocycles. The number of rotatable bonds is 5. The van der Waals surface area contributed by atoms with Crippen molar-refractivity contribution < 1.29 is 4.74 Å². The van der Waals surface area contributed by atoms with E-state index in [9.17, 15) is 10.5 Å². The monoisotopic (exact) mass is 421 g/mol. The van der Waals surface area contributed by atoms with Crippen molar-refractivity contribution in [3.63, 3.8) is 0 Å². The molecule has 0 bridgehead atoms. The SMILES string of the molecule is CSc1cc(-c2cnc3cccc(C#N)n23)c(OCC2(N)CCSC2)cc1C#N. The molecule has 0 amide bonds. The second-order valence-corrected chi connectivity index (χ2v) is 8.93. The number of ether oxygens (including phenoxy) is 1. The van der Waals surface area contributed by atoms with E-state index in [1.54, 1.807) is 18.3 Å². The van der Waals surface area contributed by atoms with E-state index in [-0.39, 0.29) is 5.54 Å². The maximum absolute atomic E-state index is 9.57. The first-order valence-electron chi connectivity index (χ1n) is 9.07. The molecule has 0 radical (unpaired) electrons. The van der Waals surface area contributed by atoms with Gasteiger partial charge in [-0.05, 0) is 42.7 Å². The third-order valence-electron chi connectivity index (χ3n) is 4.99. The molecule has 2 aromatic heterocycles. The Kier molecular flexibility index (Phi) is 5.42. The van der Waals surface area contributed by atoms with Gasteiger partial charge < -0.3 is 10.5 Å². The summed E-state index contributed by atoms with van der Waals surface area (Å²) in [7, 11) is 0. The molecule has 0 aliphatic carbocycles.